The van der Waals surface area contributed by atoms with Crippen molar-refractivity contribution in [3.05, 3.63) is 11.6 Å². The minimum atomic E-state index is -0.760. The maximum Gasteiger partial charge on any atom is 0.305 e. The predicted octanol–water partition coefficient (Wildman–Crippen LogP) is 7.89. The molecule has 188 valence electrons. The quantitative estimate of drug-likeness (QED) is 0.357. The Morgan fingerprint density at radius 3 is 2.61 bits per heavy atom. The molecule has 0 spiro atoms. The molecule has 0 radical (unpaired) electrons. The average Bonchev–Trinajstić information content (AvgIpc) is 3.10. The summed E-state index contributed by atoms with van der Waals surface area (Å²) < 4.78 is 5.97. The van der Waals surface area contributed by atoms with E-state index in [2.05, 4.69) is 40.7 Å². The largest absolute Gasteiger partial charge is 0.481 e. The maximum absolute atomic E-state index is 10.8. The highest BCUT2D eigenvalue weighted by atomic mass is 16.5. The van der Waals surface area contributed by atoms with Gasteiger partial charge in [-0.25, -0.2) is 0 Å². The van der Waals surface area contributed by atoms with Crippen LogP contribution >= 0.6 is 0 Å². The summed E-state index contributed by atoms with van der Waals surface area (Å²) in [5.41, 5.74) is 2.53. The van der Waals surface area contributed by atoms with E-state index in [-0.39, 0.29) is 12.5 Å². The molecular weight excluding hydrogens is 408 g/mol. The second-order valence-electron chi connectivity index (χ2n) is 13.2. The molecule has 3 fully saturated rings. The number of carbonyl (C=O) groups is 1. The van der Waals surface area contributed by atoms with E-state index in [9.17, 15) is 4.79 Å². The zero-order valence-corrected chi connectivity index (χ0v) is 22.1. The average molecular weight is 459 g/mol. The Labute approximate surface area is 203 Å². The Morgan fingerprint density at radius 2 is 1.88 bits per heavy atom. The molecule has 0 aromatic carbocycles. The first-order chi connectivity index (χ1) is 15.6. The number of aliphatic carboxylic acids is 1. The summed E-state index contributed by atoms with van der Waals surface area (Å²) in [5.74, 6) is 4.49. The number of allylic oxidation sites excluding steroid dienone is 1. The first-order valence-electron chi connectivity index (χ1n) is 14.2. The molecule has 0 heterocycles. The van der Waals surface area contributed by atoms with Crippen molar-refractivity contribution >= 4 is 5.97 Å². The molecule has 3 saturated carbocycles. The molecule has 4 aliphatic carbocycles. The lowest BCUT2D eigenvalue weighted by Crippen LogP contribution is -2.51. The van der Waals surface area contributed by atoms with Gasteiger partial charge in [-0.05, 0) is 97.7 Å². The fourth-order valence-corrected chi connectivity index (χ4v) is 9.11. The van der Waals surface area contributed by atoms with Crippen LogP contribution in [0.1, 0.15) is 112 Å². The third kappa shape index (κ3) is 4.95. The minimum absolute atomic E-state index is 0.120. The molecule has 0 aliphatic heterocycles. The first-order valence-corrected chi connectivity index (χ1v) is 14.2. The predicted molar refractivity (Wildman–Crippen MR) is 135 cm³/mol. The molecule has 33 heavy (non-hydrogen) atoms. The number of hydrogen-bond acceptors (Lipinski definition) is 2. The molecular formula is C30H50O3. The van der Waals surface area contributed by atoms with E-state index in [1.54, 1.807) is 5.57 Å². The standard InChI is InChI=1S/C30H50O3/c1-20(2)7-6-8-21(3)25-11-12-26-24-10-9-22-19-23(33-18-15-28(31)32)13-16-29(22,4)27(24)14-17-30(25,26)5/h9,20-21,23-27H,6-8,10-19H2,1-5H3,(H,31,32)/t21-,23+,24+,25-,26?,27?,29+,30-/m1/s1. The zero-order valence-electron chi connectivity index (χ0n) is 22.1. The number of fused-ring (bicyclic) bond motifs is 5. The van der Waals surface area contributed by atoms with E-state index in [0.717, 1.165) is 48.3 Å². The highest BCUT2D eigenvalue weighted by Crippen LogP contribution is 2.67. The van der Waals surface area contributed by atoms with E-state index in [0.29, 0.717) is 17.4 Å². The summed E-state index contributed by atoms with van der Waals surface area (Å²) >= 11 is 0. The summed E-state index contributed by atoms with van der Waals surface area (Å²) in [6, 6.07) is 0. The van der Waals surface area contributed by atoms with Crippen LogP contribution in [0.25, 0.3) is 0 Å². The third-order valence-electron chi connectivity index (χ3n) is 10.9. The van der Waals surface area contributed by atoms with Crippen molar-refractivity contribution in [1.29, 1.82) is 0 Å². The van der Waals surface area contributed by atoms with Gasteiger partial charge in [-0.2, -0.15) is 0 Å². The van der Waals surface area contributed by atoms with E-state index < -0.39 is 5.97 Å². The summed E-state index contributed by atoms with van der Waals surface area (Å²) in [7, 11) is 0. The lowest BCUT2D eigenvalue weighted by molar-refractivity contribution is -0.139. The second kappa shape index (κ2) is 10.0. The Kier molecular flexibility index (Phi) is 7.68. The number of carboxylic acid groups (broad SMARTS) is 1. The second-order valence-corrected chi connectivity index (χ2v) is 13.2. The lowest BCUT2D eigenvalue weighted by atomic mass is 9.47. The van der Waals surface area contributed by atoms with Crippen LogP contribution in [0.2, 0.25) is 0 Å². The number of hydrogen-bond donors (Lipinski definition) is 1. The zero-order chi connectivity index (χ0) is 23.8. The van der Waals surface area contributed by atoms with Gasteiger partial charge in [0, 0.05) is 0 Å². The highest BCUT2D eigenvalue weighted by molar-refractivity contribution is 5.66. The molecule has 1 N–H and O–H groups in total. The van der Waals surface area contributed by atoms with Crippen molar-refractivity contribution in [2.45, 2.75) is 118 Å². The molecule has 8 atom stereocenters. The van der Waals surface area contributed by atoms with Gasteiger partial charge in [-0.3, -0.25) is 4.79 Å². The first kappa shape index (κ1) is 25.3. The molecule has 3 heteroatoms. The van der Waals surface area contributed by atoms with Crippen LogP contribution < -0.4 is 0 Å². The van der Waals surface area contributed by atoms with Gasteiger partial charge in [0.05, 0.1) is 19.1 Å². The van der Waals surface area contributed by atoms with Gasteiger partial charge in [0.15, 0.2) is 0 Å². The topological polar surface area (TPSA) is 46.5 Å². The molecule has 2 unspecified atom stereocenters. The molecule has 3 nitrogen and oxygen atoms in total. The van der Waals surface area contributed by atoms with Crippen LogP contribution in [0.15, 0.2) is 11.6 Å². The molecule has 0 aromatic heterocycles. The van der Waals surface area contributed by atoms with Crippen molar-refractivity contribution in [2.75, 3.05) is 6.61 Å². The molecule has 4 rings (SSSR count). The highest BCUT2D eigenvalue weighted by Gasteiger charge is 2.59. The number of rotatable bonds is 9. The van der Waals surface area contributed by atoms with Crippen LogP contribution in [-0.2, 0) is 9.53 Å². The summed E-state index contributed by atoms with van der Waals surface area (Å²) in [4.78, 5) is 10.8. The summed E-state index contributed by atoms with van der Waals surface area (Å²) in [5, 5.41) is 8.92. The summed E-state index contributed by atoms with van der Waals surface area (Å²) in [6.07, 6.45) is 17.5. The van der Waals surface area contributed by atoms with Crippen LogP contribution in [0.4, 0.5) is 0 Å². The Bertz CT molecular complexity index is 726. The van der Waals surface area contributed by atoms with Gasteiger partial charge in [0.25, 0.3) is 0 Å². The van der Waals surface area contributed by atoms with Gasteiger partial charge in [-0.1, -0.05) is 65.5 Å². The fraction of sp³-hybridized carbons (Fsp3) is 0.900. The fourth-order valence-electron chi connectivity index (χ4n) is 9.11. The van der Waals surface area contributed by atoms with Gasteiger partial charge in [0.2, 0.25) is 0 Å². The van der Waals surface area contributed by atoms with Crippen LogP contribution in [0.3, 0.4) is 0 Å². The Morgan fingerprint density at radius 1 is 1.09 bits per heavy atom. The lowest BCUT2D eigenvalue weighted by Gasteiger charge is -2.58. The molecule has 0 aromatic rings. The number of carboxylic acids is 1. The van der Waals surface area contributed by atoms with Crippen molar-refractivity contribution in [3.8, 4) is 0 Å². The Hall–Kier alpha value is -0.830. The van der Waals surface area contributed by atoms with Crippen molar-refractivity contribution in [3.63, 3.8) is 0 Å². The minimum Gasteiger partial charge on any atom is -0.481 e. The van der Waals surface area contributed by atoms with Gasteiger partial charge < -0.3 is 9.84 Å². The van der Waals surface area contributed by atoms with E-state index in [4.69, 9.17) is 9.84 Å². The SMILES string of the molecule is CC(C)CCC[C@@H](C)[C@H]1CCC2[C@@H]3CC=C4C[C@@H](OCCC(=O)O)CC[C@]4(C)C3CC[C@@]21C. The van der Waals surface area contributed by atoms with Gasteiger partial charge in [-0.15, -0.1) is 0 Å². The molecule has 4 aliphatic rings. The van der Waals surface area contributed by atoms with E-state index >= 15 is 0 Å². The summed E-state index contributed by atoms with van der Waals surface area (Å²) in [6.45, 7) is 12.9. The molecule has 0 bridgehead atoms. The third-order valence-corrected chi connectivity index (χ3v) is 10.9. The Balaban J connectivity index is 1.41. The molecule has 0 amide bonds. The van der Waals surface area contributed by atoms with E-state index in [1.807, 2.05) is 0 Å². The monoisotopic (exact) mass is 458 g/mol. The number of ether oxygens (including phenoxy) is 1. The van der Waals surface area contributed by atoms with Gasteiger partial charge >= 0.3 is 5.97 Å². The van der Waals surface area contributed by atoms with Crippen LogP contribution in [0.5, 0.6) is 0 Å². The van der Waals surface area contributed by atoms with Crippen molar-refractivity contribution in [2.24, 2.45) is 46.3 Å². The van der Waals surface area contributed by atoms with Crippen molar-refractivity contribution < 1.29 is 14.6 Å². The van der Waals surface area contributed by atoms with Crippen LogP contribution in [0, 0.1) is 46.3 Å². The smallest absolute Gasteiger partial charge is 0.305 e. The van der Waals surface area contributed by atoms with E-state index in [1.165, 1.54) is 57.8 Å². The normalized spacial score (nSPS) is 41.2. The molecule has 0 saturated heterocycles. The van der Waals surface area contributed by atoms with Crippen LogP contribution in [-0.4, -0.2) is 23.8 Å². The van der Waals surface area contributed by atoms with Crippen molar-refractivity contribution in [1.82, 2.24) is 0 Å². The maximum atomic E-state index is 10.8. The van der Waals surface area contributed by atoms with Gasteiger partial charge in [0.1, 0.15) is 0 Å².